The maximum Gasteiger partial charge on any atom is 0.0846 e. The van der Waals surface area contributed by atoms with E-state index in [0.717, 1.165) is 31.4 Å². The first-order chi connectivity index (χ1) is 9.47. The molecule has 0 aliphatic rings. The molecule has 2 aromatic carbocycles. The number of fused-ring (bicyclic) bond motifs is 1. The molecule has 1 heterocycles. The molecule has 0 aliphatic heterocycles. The third-order valence-electron chi connectivity index (χ3n) is 3.29. The zero-order valence-corrected chi connectivity index (χ0v) is 13.6. The Bertz CT molecular complexity index is 773. The van der Waals surface area contributed by atoms with Crippen molar-refractivity contribution in [1.29, 1.82) is 0 Å². The lowest BCUT2D eigenvalue weighted by atomic mass is 9.89. The van der Waals surface area contributed by atoms with Gasteiger partial charge in [-0.2, -0.15) is 0 Å². The van der Waals surface area contributed by atoms with Crippen LogP contribution in [0.1, 0.15) is 19.4 Å². The minimum Gasteiger partial charge on any atom is -0.386 e. The van der Waals surface area contributed by atoms with Gasteiger partial charge in [-0.1, -0.05) is 34.1 Å². The van der Waals surface area contributed by atoms with Gasteiger partial charge in [-0.3, -0.25) is 0 Å². The highest BCUT2D eigenvalue weighted by atomic mass is 79.9. The highest BCUT2D eigenvalue weighted by molar-refractivity contribution is 9.10. The molecule has 3 rings (SSSR count). The van der Waals surface area contributed by atoms with Crippen LogP contribution in [0.3, 0.4) is 0 Å². The van der Waals surface area contributed by atoms with Gasteiger partial charge in [-0.15, -0.1) is 11.3 Å². The van der Waals surface area contributed by atoms with Crippen molar-refractivity contribution >= 4 is 37.5 Å². The number of thiazole rings is 1. The zero-order chi connectivity index (χ0) is 14.3. The van der Waals surface area contributed by atoms with Crippen LogP contribution in [-0.2, 0) is 5.60 Å². The molecule has 20 heavy (non-hydrogen) atoms. The summed E-state index contributed by atoms with van der Waals surface area (Å²) in [4.78, 5) is 4.36. The van der Waals surface area contributed by atoms with E-state index >= 15 is 0 Å². The maximum absolute atomic E-state index is 10.4. The second kappa shape index (κ2) is 4.95. The monoisotopic (exact) mass is 347 g/mol. The number of aromatic nitrogens is 1. The SMILES string of the molecule is CC(C)(O)c1cc(Br)ccc1-c1cccc2ncsc12. The van der Waals surface area contributed by atoms with Gasteiger partial charge in [0.2, 0.25) is 0 Å². The third-order valence-corrected chi connectivity index (χ3v) is 4.66. The number of nitrogens with zero attached hydrogens (tertiary/aromatic N) is 1. The van der Waals surface area contributed by atoms with Crippen LogP contribution in [0.15, 0.2) is 46.4 Å². The van der Waals surface area contributed by atoms with Crippen LogP contribution in [0.4, 0.5) is 0 Å². The van der Waals surface area contributed by atoms with E-state index in [0.29, 0.717) is 0 Å². The number of rotatable bonds is 2. The van der Waals surface area contributed by atoms with Gasteiger partial charge in [0, 0.05) is 10.0 Å². The van der Waals surface area contributed by atoms with Crippen LogP contribution >= 0.6 is 27.3 Å². The van der Waals surface area contributed by atoms with E-state index in [1.54, 1.807) is 11.3 Å². The van der Waals surface area contributed by atoms with Crippen LogP contribution in [0.2, 0.25) is 0 Å². The Morgan fingerprint density at radius 1 is 1.15 bits per heavy atom. The van der Waals surface area contributed by atoms with Crippen LogP contribution in [0, 0.1) is 0 Å². The summed E-state index contributed by atoms with van der Waals surface area (Å²) in [6.45, 7) is 3.62. The Morgan fingerprint density at radius 3 is 2.70 bits per heavy atom. The van der Waals surface area contributed by atoms with Crippen molar-refractivity contribution in [3.8, 4) is 11.1 Å². The average molecular weight is 348 g/mol. The van der Waals surface area contributed by atoms with Crippen molar-refractivity contribution in [2.45, 2.75) is 19.4 Å². The minimum absolute atomic E-state index is 0.897. The molecular formula is C16H14BrNOS. The summed E-state index contributed by atoms with van der Waals surface area (Å²) in [7, 11) is 0. The largest absolute Gasteiger partial charge is 0.386 e. The summed E-state index contributed by atoms with van der Waals surface area (Å²) in [5.74, 6) is 0. The standard InChI is InChI=1S/C16H14BrNOS/c1-16(2,19)13-8-10(17)6-7-11(13)12-4-3-5-14-15(12)20-9-18-14/h3-9,19H,1-2H3. The molecule has 0 aliphatic carbocycles. The van der Waals surface area contributed by atoms with Crippen molar-refractivity contribution in [3.63, 3.8) is 0 Å². The molecule has 2 nitrogen and oxygen atoms in total. The Kier molecular flexibility index (Phi) is 3.40. The molecule has 4 heteroatoms. The van der Waals surface area contributed by atoms with Crippen LogP contribution < -0.4 is 0 Å². The summed E-state index contributed by atoms with van der Waals surface area (Å²) in [6, 6.07) is 12.1. The van der Waals surface area contributed by atoms with E-state index in [2.05, 4.69) is 27.0 Å². The Hall–Kier alpha value is -1.23. The molecule has 0 bridgehead atoms. The number of halogens is 1. The molecule has 1 aromatic heterocycles. The van der Waals surface area contributed by atoms with Gasteiger partial charge < -0.3 is 5.11 Å². The predicted molar refractivity (Wildman–Crippen MR) is 88.0 cm³/mol. The molecule has 0 fully saturated rings. The Morgan fingerprint density at radius 2 is 1.95 bits per heavy atom. The molecule has 0 amide bonds. The first-order valence-corrected chi connectivity index (χ1v) is 7.99. The normalized spacial score (nSPS) is 12.0. The summed E-state index contributed by atoms with van der Waals surface area (Å²) in [5, 5.41) is 10.4. The maximum atomic E-state index is 10.4. The molecule has 0 spiro atoms. The minimum atomic E-state index is -0.897. The number of hydrogen-bond acceptors (Lipinski definition) is 3. The quantitative estimate of drug-likeness (QED) is 0.711. The summed E-state index contributed by atoms with van der Waals surface area (Å²) >= 11 is 5.11. The molecule has 102 valence electrons. The molecule has 3 aromatic rings. The number of aliphatic hydroxyl groups is 1. The molecule has 0 saturated heterocycles. The molecule has 0 radical (unpaired) electrons. The fraction of sp³-hybridized carbons (Fsp3) is 0.188. The predicted octanol–water partition coefficient (Wildman–Crippen LogP) is 4.95. The molecule has 1 N–H and O–H groups in total. The Balaban J connectivity index is 2.32. The molecule has 0 atom stereocenters. The number of benzene rings is 2. The highest BCUT2D eigenvalue weighted by Gasteiger charge is 2.22. The van der Waals surface area contributed by atoms with Crippen LogP contribution in [0.5, 0.6) is 0 Å². The third kappa shape index (κ3) is 2.39. The van der Waals surface area contributed by atoms with Crippen molar-refractivity contribution in [2.24, 2.45) is 0 Å². The van der Waals surface area contributed by atoms with Gasteiger partial charge in [-0.25, -0.2) is 4.98 Å². The van der Waals surface area contributed by atoms with Gasteiger partial charge in [0.25, 0.3) is 0 Å². The molecule has 0 saturated carbocycles. The summed E-state index contributed by atoms with van der Waals surface area (Å²) < 4.78 is 2.12. The second-order valence-electron chi connectivity index (χ2n) is 5.26. The van der Waals surface area contributed by atoms with E-state index in [-0.39, 0.29) is 0 Å². The zero-order valence-electron chi connectivity index (χ0n) is 11.2. The van der Waals surface area contributed by atoms with E-state index < -0.39 is 5.60 Å². The van der Waals surface area contributed by atoms with Crippen molar-refractivity contribution in [2.75, 3.05) is 0 Å². The van der Waals surface area contributed by atoms with Crippen molar-refractivity contribution < 1.29 is 5.11 Å². The topological polar surface area (TPSA) is 33.1 Å². The fourth-order valence-corrected chi connectivity index (χ4v) is 3.54. The van der Waals surface area contributed by atoms with Crippen molar-refractivity contribution in [1.82, 2.24) is 4.98 Å². The van der Waals surface area contributed by atoms with Gasteiger partial charge in [0.05, 0.1) is 21.3 Å². The molecular weight excluding hydrogens is 334 g/mol. The summed E-state index contributed by atoms with van der Waals surface area (Å²) in [5.41, 5.74) is 5.04. The second-order valence-corrected chi connectivity index (χ2v) is 7.03. The van der Waals surface area contributed by atoms with Gasteiger partial charge >= 0.3 is 0 Å². The Labute approximate surface area is 130 Å². The first-order valence-electron chi connectivity index (χ1n) is 6.32. The smallest absolute Gasteiger partial charge is 0.0846 e. The van der Waals surface area contributed by atoms with E-state index in [4.69, 9.17) is 0 Å². The number of hydrogen-bond donors (Lipinski definition) is 1. The van der Waals surface area contributed by atoms with Crippen LogP contribution in [0.25, 0.3) is 21.3 Å². The lowest BCUT2D eigenvalue weighted by molar-refractivity contribution is 0.0791. The van der Waals surface area contributed by atoms with Gasteiger partial charge in [0.15, 0.2) is 0 Å². The van der Waals surface area contributed by atoms with E-state index in [1.807, 2.05) is 49.7 Å². The van der Waals surface area contributed by atoms with Gasteiger partial charge in [-0.05, 0) is 43.2 Å². The lowest BCUT2D eigenvalue weighted by Gasteiger charge is -2.22. The van der Waals surface area contributed by atoms with Crippen LogP contribution in [-0.4, -0.2) is 10.1 Å². The van der Waals surface area contributed by atoms with Crippen molar-refractivity contribution in [3.05, 3.63) is 51.9 Å². The van der Waals surface area contributed by atoms with E-state index in [1.165, 1.54) is 0 Å². The highest BCUT2D eigenvalue weighted by Crippen LogP contribution is 2.38. The summed E-state index contributed by atoms with van der Waals surface area (Å²) in [6.07, 6.45) is 0. The average Bonchev–Trinajstić information content (AvgIpc) is 2.86. The lowest BCUT2D eigenvalue weighted by Crippen LogP contribution is -2.16. The fourth-order valence-electron chi connectivity index (χ4n) is 2.36. The van der Waals surface area contributed by atoms with Gasteiger partial charge in [0.1, 0.15) is 0 Å². The molecule has 0 unspecified atom stereocenters. The first kappa shape index (κ1) is 13.7. The van der Waals surface area contributed by atoms with E-state index in [9.17, 15) is 5.11 Å².